The quantitative estimate of drug-likeness (QED) is 0.626. The van der Waals surface area contributed by atoms with Gasteiger partial charge in [-0.05, 0) is 25.7 Å². The fraction of sp³-hybridized carbons (Fsp3) is 0.667. The first-order valence-electron chi connectivity index (χ1n) is 6.61. The van der Waals surface area contributed by atoms with Gasteiger partial charge in [-0.25, -0.2) is 4.98 Å². The van der Waals surface area contributed by atoms with Crippen LogP contribution in [0.5, 0.6) is 5.88 Å². The predicted molar refractivity (Wildman–Crippen MR) is 71.9 cm³/mol. The molecule has 1 aromatic rings. The van der Waals surface area contributed by atoms with Crippen LogP contribution in [0.1, 0.15) is 25.7 Å². The summed E-state index contributed by atoms with van der Waals surface area (Å²) >= 11 is 0. The van der Waals surface area contributed by atoms with Crippen LogP contribution in [0.3, 0.4) is 0 Å². The average Bonchev–Trinajstić information content (AvgIpc) is 2.47. The number of methoxy groups -OCH3 is 1. The number of aromatic nitrogens is 2. The molecular weight excluding hydrogens is 264 g/mol. The van der Waals surface area contributed by atoms with Gasteiger partial charge in [-0.3, -0.25) is 10.1 Å². The van der Waals surface area contributed by atoms with Crippen molar-refractivity contribution >= 4 is 11.5 Å². The van der Waals surface area contributed by atoms with Crippen molar-refractivity contribution in [1.82, 2.24) is 9.97 Å². The minimum Gasteiger partial charge on any atom is -0.476 e. The van der Waals surface area contributed by atoms with E-state index in [0.717, 1.165) is 25.9 Å². The van der Waals surface area contributed by atoms with Crippen molar-refractivity contribution in [2.75, 3.05) is 25.6 Å². The van der Waals surface area contributed by atoms with Gasteiger partial charge >= 0.3 is 5.69 Å². The fourth-order valence-corrected chi connectivity index (χ4v) is 2.19. The Labute approximate surface area is 116 Å². The third-order valence-electron chi connectivity index (χ3n) is 3.20. The van der Waals surface area contributed by atoms with Crippen molar-refractivity contribution in [1.29, 1.82) is 0 Å². The van der Waals surface area contributed by atoms with E-state index in [-0.39, 0.29) is 23.5 Å². The predicted octanol–water partition coefficient (Wildman–Crippen LogP) is 1.76. The Balaban J connectivity index is 1.96. The summed E-state index contributed by atoms with van der Waals surface area (Å²) in [7, 11) is 1.34. The molecule has 0 saturated carbocycles. The second kappa shape index (κ2) is 6.99. The summed E-state index contributed by atoms with van der Waals surface area (Å²) in [6.45, 7) is 1.36. The summed E-state index contributed by atoms with van der Waals surface area (Å²) in [5, 5.41) is 14.0. The Hall–Kier alpha value is -1.96. The van der Waals surface area contributed by atoms with Crippen molar-refractivity contribution in [3.8, 4) is 5.88 Å². The van der Waals surface area contributed by atoms with Gasteiger partial charge in [0.25, 0.3) is 5.88 Å². The Bertz CT molecular complexity index is 463. The third-order valence-corrected chi connectivity index (χ3v) is 3.20. The monoisotopic (exact) mass is 282 g/mol. The van der Waals surface area contributed by atoms with Gasteiger partial charge in [0.1, 0.15) is 6.33 Å². The number of nitrogens with one attached hydrogen (secondary N) is 1. The molecule has 8 nitrogen and oxygen atoms in total. The zero-order valence-electron chi connectivity index (χ0n) is 11.4. The van der Waals surface area contributed by atoms with Crippen LogP contribution in [0.4, 0.5) is 11.5 Å². The molecule has 0 bridgehead atoms. The molecule has 20 heavy (non-hydrogen) atoms. The smallest absolute Gasteiger partial charge is 0.372 e. The Morgan fingerprint density at radius 2 is 2.40 bits per heavy atom. The molecule has 0 aliphatic carbocycles. The molecule has 8 heteroatoms. The molecule has 1 aliphatic rings. The van der Waals surface area contributed by atoms with E-state index < -0.39 is 4.92 Å². The summed E-state index contributed by atoms with van der Waals surface area (Å²) in [4.78, 5) is 18.1. The lowest BCUT2D eigenvalue weighted by molar-refractivity contribution is -0.385. The number of hydrogen-bond acceptors (Lipinski definition) is 7. The fourth-order valence-electron chi connectivity index (χ4n) is 2.19. The molecule has 2 heterocycles. The van der Waals surface area contributed by atoms with Gasteiger partial charge in [-0.2, -0.15) is 4.98 Å². The van der Waals surface area contributed by atoms with E-state index in [2.05, 4.69) is 15.3 Å². The van der Waals surface area contributed by atoms with E-state index in [0.29, 0.717) is 6.54 Å². The zero-order chi connectivity index (χ0) is 14.4. The van der Waals surface area contributed by atoms with Crippen molar-refractivity contribution in [3.63, 3.8) is 0 Å². The maximum absolute atomic E-state index is 11.0. The van der Waals surface area contributed by atoms with Crippen molar-refractivity contribution in [2.45, 2.75) is 31.8 Å². The van der Waals surface area contributed by atoms with Crippen molar-refractivity contribution < 1.29 is 14.4 Å². The van der Waals surface area contributed by atoms with Gasteiger partial charge in [0.15, 0.2) is 0 Å². The van der Waals surface area contributed by atoms with Crippen molar-refractivity contribution in [2.24, 2.45) is 0 Å². The molecule has 1 saturated heterocycles. The molecule has 1 aromatic heterocycles. The van der Waals surface area contributed by atoms with Crippen LogP contribution >= 0.6 is 0 Å². The lowest BCUT2D eigenvalue weighted by Crippen LogP contribution is -2.22. The van der Waals surface area contributed by atoms with Crippen molar-refractivity contribution in [3.05, 3.63) is 16.4 Å². The lowest BCUT2D eigenvalue weighted by Gasteiger charge is -2.22. The number of nitrogens with zero attached hydrogens (tertiary/aromatic N) is 3. The van der Waals surface area contributed by atoms with Crippen LogP contribution in [0.15, 0.2) is 6.33 Å². The van der Waals surface area contributed by atoms with Gasteiger partial charge in [0.05, 0.1) is 18.1 Å². The van der Waals surface area contributed by atoms with Gasteiger partial charge < -0.3 is 14.8 Å². The molecule has 1 unspecified atom stereocenters. The minimum atomic E-state index is -0.543. The van der Waals surface area contributed by atoms with Gasteiger partial charge in [0.2, 0.25) is 5.82 Å². The first-order valence-corrected chi connectivity index (χ1v) is 6.61. The maximum atomic E-state index is 11.0. The first-order chi connectivity index (χ1) is 9.72. The summed E-state index contributed by atoms with van der Waals surface area (Å²) in [6, 6.07) is 0. The standard InChI is InChI=1S/C12H18N4O4/c1-19-12-10(16(17)18)11(14-8-15-12)13-6-5-9-4-2-3-7-20-9/h8-9H,2-7H2,1H3,(H,13,14,15). The Morgan fingerprint density at radius 1 is 1.55 bits per heavy atom. The molecule has 1 N–H and O–H groups in total. The third kappa shape index (κ3) is 3.53. The highest BCUT2D eigenvalue weighted by atomic mass is 16.6. The molecule has 0 radical (unpaired) electrons. The lowest BCUT2D eigenvalue weighted by atomic mass is 10.1. The van der Waals surface area contributed by atoms with Crippen LogP contribution in [-0.2, 0) is 4.74 Å². The van der Waals surface area contributed by atoms with Gasteiger partial charge in [-0.1, -0.05) is 0 Å². The topological polar surface area (TPSA) is 99.4 Å². The number of hydrogen-bond donors (Lipinski definition) is 1. The highest BCUT2D eigenvalue weighted by Crippen LogP contribution is 2.30. The molecule has 2 rings (SSSR count). The summed E-state index contributed by atoms with van der Waals surface area (Å²) in [5.74, 6) is 0.138. The summed E-state index contributed by atoms with van der Waals surface area (Å²) in [5.41, 5.74) is -0.237. The number of ether oxygens (including phenoxy) is 2. The van der Waals surface area contributed by atoms with Crippen LogP contribution in [0.25, 0.3) is 0 Å². The Kier molecular flexibility index (Phi) is 5.05. The molecule has 110 valence electrons. The van der Waals surface area contributed by atoms with Crippen LogP contribution in [0.2, 0.25) is 0 Å². The number of nitro groups is 1. The highest BCUT2D eigenvalue weighted by molar-refractivity contribution is 5.60. The molecule has 0 amide bonds. The SMILES string of the molecule is COc1ncnc(NCCC2CCCCO2)c1[N+](=O)[O-]. The highest BCUT2D eigenvalue weighted by Gasteiger charge is 2.24. The van der Waals surface area contributed by atoms with E-state index in [1.165, 1.54) is 19.9 Å². The normalized spacial score (nSPS) is 18.6. The number of rotatable bonds is 6. The summed E-state index contributed by atoms with van der Waals surface area (Å²) in [6.07, 6.45) is 5.58. The number of anilines is 1. The molecule has 1 atom stereocenters. The molecule has 0 aromatic carbocycles. The van der Waals surface area contributed by atoms with E-state index in [1.807, 2.05) is 0 Å². The van der Waals surface area contributed by atoms with Crippen LogP contribution < -0.4 is 10.1 Å². The second-order valence-corrected chi connectivity index (χ2v) is 4.54. The summed E-state index contributed by atoms with van der Waals surface area (Å²) < 4.78 is 10.5. The minimum absolute atomic E-state index is 0.0404. The molecule has 0 spiro atoms. The van der Waals surface area contributed by atoms with E-state index in [4.69, 9.17) is 9.47 Å². The van der Waals surface area contributed by atoms with Gasteiger partial charge in [-0.15, -0.1) is 0 Å². The van der Waals surface area contributed by atoms with Crippen LogP contribution in [-0.4, -0.2) is 41.3 Å². The largest absolute Gasteiger partial charge is 0.476 e. The van der Waals surface area contributed by atoms with Gasteiger partial charge in [0, 0.05) is 13.2 Å². The molecular formula is C12H18N4O4. The molecule has 1 aliphatic heterocycles. The second-order valence-electron chi connectivity index (χ2n) is 4.54. The molecule has 1 fully saturated rings. The Morgan fingerprint density at radius 3 is 3.05 bits per heavy atom. The zero-order valence-corrected chi connectivity index (χ0v) is 11.4. The average molecular weight is 282 g/mol. The maximum Gasteiger partial charge on any atom is 0.372 e. The van der Waals surface area contributed by atoms with E-state index in [1.54, 1.807) is 0 Å². The van der Waals surface area contributed by atoms with E-state index >= 15 is 0 Å². The first kappa shape index (κ1) is 14.4. The van der Waals surface area contributed by atoms with Crippen LogP contribution in [0, 0.1) is 10.1 Å². The van der Waals surface area contributed by atoms with E-state index in [9.17, 15) is 10.1 Å².